The van der Waals surface area contributed by atoms with Crippen molar-refractivity contribution < 1.29 is 24.2 Å². The van der Waals surface area contributed by atoms with Gasteiger partial charge in [-0.1, -0.05) is 78.9 Å². The highest BCUT2D eigenvalue weighted by Crippen LogP contribution is 2.26. The number of para-hydroxylation sites is 1. The van der Waals surface area contributed by atoms with Crippen molar-refractivity contribution in [3.63, 3.8) is 0 Å². The number of benzene rings is 5. The van der Waals surface area contributed by atoms with E-state index in [0.717, 1.165) is 33.8 Å². The number of carboxylic acid groups (broad SMARTS) is 1. The zero-order chi connectivity index (χ0) is 32.3. The third kappa shape index (κ3) is 8.46. The number of aliphatic carboxylic acids is 1. The molecule has 0 aliphatic carbocycles. The molecule has 8 heteroatoms. The smallest absolute Gasteiger partial charge is 0.394 e. The van der Waals surface area contributed by atoms with E-state index < -0.39 is 17.9 Å². The predicted octanol–water partition coefficient (Wildman–Crippen LogP) is 6.47. The van der Waals surface area contributed by atoms with E-state index in [2.05, 4.69) is 16.7 Å². The maximum Gasteiger partial charge on any atom is 0.394 e. The maximum atomic E-state index is 13.0. The van der Waals surface area contributed by atoms with Gasteiger partial charge in [0.2, 0.25) is 0 Å². The third-order valence-corrected chi connectivity index (χ3v) is 7.37. The van der Waals surface area contributed by atoms with Gasteiger partial charge in [0.15, 0.2) is 0 Å². The summed E-state index contributed by atoms with van der Waals surface area (Å²) < 4.78 is 5.84. The summed E-state index contributed by atoms with van der Waals surface area (Å²) in [4.78, 5) is 36.3. The molecule has 0 aromatic heterocycles. The molecule has 5 aromatic rings. The highest BCUT2D eigenvalue weighted by molar-refractivity contribution is 6.31. The number of nitriles is 1. The normalized spacial score (nSPS) is 11.1. The Kier molecular flexibility index (Phi) is 10.2. The van der Waals surface area contributed by atoms with Crippen LogP contribution >= 0.6 is 0 Å². The maximum absolute atomic E-state index is 13.0. The summed E-state index contributed by atoms with van der Waals surface area (Å²) in [7, 11) is 0. The molecule has 0 saturated carbocycles. The van der Waals surface area contributed by atoms with E-state index in [9.17, 15) is 19.6 Å². The molecule has 3 N–H and O–H groups in total. The monoisotopic (exact) mass is 609 g/mol. The van der Waals surface area contributed by atoms with Crippen molar-refractivity contribution in [2.24, 2.45) is 0 Å². The fourth-order valence-corrected chi connectivity index (χ4v) is 4.99. The van der Waals surface area contributed by atoms with Crippen molar-refractivity contribution in [3.05, 3.63) is 155 Å². The Bertz CT molecular complexity index is 1860. The van der Waals surface area contributed by atoms with Crippen LogP contribution in [0.25, 0.3) is 11.1 Å². The Balaban J connectivity index is 1.21. The van der Waals surface area contributed by atoms with Crippen molar-refractivity contribution in [2.75, 3.05) is 6.54 Å². The van der Waals surface area contributed by atoms with Crippen LogP contribution < -0.4 is 15.4 Å². The molecule has 0 saturated heterocycles. The Morgan fingerprint density at radius 1 is 0.739 bits per heavy atom. The lowest BCUT2D eigenvalue weighted by Gasteiger charge is -2.19. The van der Waals surface area contributed by atoms with Crippen molar-refractivity contribution >= 4 is 17.8 Å². The minimum atomic E-state index is -1.58. The summed E-state index contributed by atoms with van der Waals surface area (Å²) in [5.41, 5.74) is 5.25. The molecule has 8 nitrogen and oxygen atoms in total. The number of nitrogens with zero attached hydrogens (tertiary/aromatic N) is 1. The molecule has 46 heavy (non-hydrogen) atoms. The second-order valence-corrected chi connectivity index (χ2v) is 10.6. The summed E-state index contributed by atoms with van der Waals surface area (Å²) in [6.45, 7) is 0.470. The Labute approximate surface area is 266 Å². The van der Waals surface area contributed by atoms with E-state index in [4.69, 9.17) is 9.84 Å². The molecule has 0 fully saturated rings. The van der Waals surface area contributed by atoms with Gasteiger partial charge in [-0.05, 0) is 89.2 Å². The summed E-state index contributed by atoms with van der Waals surface area (Å²) in [5, 5.41) is 23.9. The number of amides is 2. The summed E-state index contributed by atoms with van der Waals surface area (Å²) >= 11 is 0. The standard InChI is InChI=1S/C38H31N3O5/c39-25-28-7-4-6-27(22-28)23-35(41-37(43)38(44)45)30-16-14-29(15-17-30)31-8-5-9-32(24-31)36(42)40-21-20-26-12-18-34(19-13-26)46-33-10-2-1-3-11-33/h1-19,22,24,35H,20-21,23H2,(H,40,42)(H,41,43)(H,44,45). The molecule has 0 aliphatic heterocycles. The molecule has 5 aromatic carbocycles. The SMILES string of the molecule is N#Cc1cccc(CC(NC(=O)C(=O)O)c2ccc(-c3cccc(C(=O)NCCc4ccc(Oc5ccccc5)cc4)c3)cc2)c1. The van der Waals surface area contributed by atoms with Gasteiger partial charge in [0, 0.05) is 12.1 Å². The molecule has 5 rings (SSSR count). The van der Waals surface area contributed by atoms with Crippen LogP contribution in [0.2, 0.25) is 0 Å². The van der Waals surface area contributed by atoms with Crippen LogP contribution in [0.3, 0.4) is 0 Å². The molecule has 1 unspecified atom stereocenters. The molecule has 0 bridgehead atoms. The first-order valence-corrected chi connectivity index (χ1v) is 14.7. The van der Waals surface area contributed by atoms with Crippen LogP contribution in [0, 0.1) is 11.3 Å². The van der Waals surface area contributed by atoms with E-state index in [1.807, 2.05) is 103 Å². The first kappa shape index (κ1) is 31.2. The Morgan fingerprint density at radius 2 is 1.46 bits per heavy atom. The first-order valence-electron chi connectivity index (χ1n) is 14.7. The van der Waals surface area contributed by atoms with E-state index in [1.165, 1.54) is 0 Å². The number of ether oxygens (including phenoxy) is 1. The van der Waals surface area contributed by atoms with Crippen molar-refractivity contribution in [1.82, 2.24) is 10.6 Å². The van der Waals surface area contributed by atoms with Crippen molar-refractivity contribution in [3.8, 4) is 28.7 Å². The zero-order valence-corrected chi connectivity index (χ0v) is 24.9. The van der Waals surface area contributed by atoms with E-state index in [-0.39, 0.29) is 5.91 Å². The average molecular weight is 610 g/mol. The molecular formula is C38H31N3O5. The molecular weight excluding hydrogens is 578 g/mol. The van der Waals surface area contributed by atoms with Gasteiger partial charge in [-0.3, -0.25) is 9.59 Å². The van der Waals surface area contributed by atoms with E-state index >= 15 is 0 Å². The number of carbonyl (C=O) groups is 3. The van der Waals surface area contributed by atoms with Gasteiger partial charge >= 0.3 is 11.9 Å². The fraction of sp³-hybridized carbons (Fsp3) is 0.105. The van der Waals surface area contributed by atoms with Crippen LogP contribution in [0.15, 0.2) is 127 Å². The van der Waals surface area contributed by atoms with Crippen molar-refractivity contribution in [1.29, 1.82) is 5.26 Å². The second kappa shape index (κ2) is 15.0. The van der Waals surface area contributed by atoms with E-state index in [1.54, 1.807) is 24.3 Å². The number of hydrogen-bond acceptors (Lipinski definition) is 5. The molecule has 0 heterocycles. The van der Waals surface area contributed by atoms with Gasteiger partial charge in [0.1, 0.15) is 11.5 Å². The molecule has 0 aliphatic rings. The summed E-state index contributed by atoms with van der Waals surface area (Å²) in [6.07, 6.45) is 0.966. The predicted molar refractivity (Wildman–Crippen MR) is 174 cm³/mol. The van der Waals surface area contributed by atoms with Crippen LogP contribution in [-0.2, 0) is 22.4 Å². The quantitative estimate of drug-likeness (QED) is 0.147. The second-order valence-electron chi connectivity index (χ2n) is 10.6. The highest BCUT2D eigenvalue weighted by Gasteiger charge is 2.20. The molecule has 0 spiro atoms. The molecule has 2 amide bonds. The zero-order valence-electron chi connectivity index (χ0n) is 24.9. The summed E-state index contributed by atoms with van der Waals surface area (Å²) in [5.74, 6) is -1.35. The first-order chi connectivity index (χ1) is 22.4. The van der Waals surface area contributed by atoms with Gasteiger partial charge in [-0.25, -0.2) is 4.79 Å². The van der Waals surface area contributed by atoms with Gasteiger partial charge < -0.3 is 20.5 Å². The number of carbonyl (C=O) groups excluding carboxylic acids is 2. The van der Waals surface area contributed by atoms with Crippen LogP contribution in [0.5, 0.6) is 11.5 Å². The third-order valence-electron chi connectivity index (χ3n) is 7.37. The van der Waals surface area contributed by atoms with Crippen LogP contribution in [0.4, 0.5) is 0 Å². The Hall–Kier alpha value is -6.20. The number of carboxylic acids is 1. The number of rotatable bonds is 11. The lowest BCUT2D eigenvalue weighted by atomic mass is 9.95. The van der Waals surface area contributed by atoms with E-state index in [0.29, 0.717) is 36.1 Å². The number of nitrogens with one attached hydrogen (secondary N) is 2. The lowest BCUT2D eigenvalue weighted by Crippen LogP contribution is -2.35. The van der Waals surface area contributed by atoms with Gasteiger partial charge in [0.05, 0.1) is 17.7 Å². The highest BCUT2D eigenvalue weighted by atomic mass is 16.5. The summed E-state index contributed by atoms with van der Waals surface area (Å²) in [6, 6.07) is 40.4. The average Bonchev–Trinajstić information content (AvgIpc) is 3.09. The number of hydrogen-bond donors (Lipinski definition) is 3. The molecule has 0 radical (unpaired) electrons. The fourth-order valence-electron chi connectivity index (χ4n) is 4.99. The lowest BCUT2D eigenvalue weighted by molar-refractivity contribution is -0.150. The van der Waals surface area contributed by atoms with Crippen molar-refractivity contribution in [2.45, 2.75) is 18.9 Å². The van der Waals surface area contributed by atoms with Gasteiger partial charge in [-0.15, -0.1) is 0 Å². The van der Waals surface area contributed by atoms with Gasteiger partial charge in [0.25, 0.3) is 5.91 Å². The largest absolute Gasteiger partial charge is 0.474 e. The Morgan fingerprint density at radius 3 is 2.17 bits per heavy atom. The van der Waals surface area contributed by atoms with Gasteiger partial charge in [-0.2, -0.15) is 5.26 Å². The minimum absolute atomic E-state index is 0.182. The topological polar surface area (TPSA) is 129 Å². The molecule has 228 valence electrons. The molecule has 1 atom stereocenters. The van der Waals surface area contributed by atoms with Crippen LogP contribution in [0.1, 0.15) is 38.7 Å². The minimum Gasteiger partial charge on any atom is -0.474 e. The van der Waals surface area contributed by atoms with Crippen LogP contribution in [-0.4, -0.2) is 29.4 Å².